The second-order valence-electron chi connectivity index (χ2n) is 6.19. The zero-order chi connectivity index (χ0) is 22.2. The highest BCUT2D eigenvalue weighted by Gasteiger charge is 2.27. The number of nitrogens with zero attached hydrogens (tertiary/aromatic N) is 1. The van der Waals surface area contributed by atoms with Gasteiger partial charge in [-0.2, -0.15) is 0 Å². The summed E-state index contributed by atoms with van der Waals surface area (Å²) in [7, 11) is 0. The Labute approximate surface area is 171 Å². The first-order chi connectivity index (χ1) is 14.2. The molecule has 3 rings (SSSR count). The molecule has 0 spiro atoms. The lowest BCUT2D eigenvalue weighted by Gasteiger charge is -2.13. The van der Waals surface area contributed by atoms with Gasteiger partial charge in [0.05, 0.1) is 29.6 Å². The standard InChI is InChI=1S/C19H15F2NO7S/c1-3-28-19(27)14-17(26)11-4-12(20)10(5-13(24)25)15(21)16(11)22-9(6-29-8(2)23)7-30-18(14)22/h4,7H,3,5-6H2,1-2H3,(H,24,25). The van der Waals surface area contributed by atoms with Crippen LogP contribution >= 0.6 is 11.3 Å². The van der Waals surface area contributed by atoms with Crippen molar-refractivity contribution in [1.29, 1.82) is 0 Å². The predicted octanol–water partition coefficient (Wildman–Crippen LogP) is 2.66. The van der Waals surface area contributed by atoms with E-state index in [0.717, 1.165) is 22.7 Å². The Morgan fingerprint density at radius 3 is 2.53 bits per heavy atom. The molecule has 0 bridgehead atoms. The van der Waals surface area contributed by atoms with Gasteiger partial charge in [-0.1, -0.05) is 0 Å². The van der Waals surface area contributed by atoms with E-state index in [2.05, 4.69) is 0 Å². The molecule has 1 N–H and O–H groups in total. The number of thiazole rings is 1. The van der Waals surface area contributed by atoms with Crippen LogP contribution in [0.25, 0.3) is 15.7 Å². The fraction of sp³-hybridized carbons (Fsp3) is 0.263. The van der Waals surface area contributed by atoms with Gasteiger partial charge in [-0.3, -0.25) is 18.8 Å². The molecular weight excluding hydrogens is 424 g/mol. The van der Waals surface area contributed by atoms with Gasteiger partial charge in [0.25, 0.3) is 0 Å². The lowest BCUT2D eigenvalue weighted by atomic mass is 10.0. The fourth-order valence-corrected chi connectivity index (χ4v) is 4.05. The van der Waals surface area contributed by atoms with Crippen LogP contribution in [0.5, 0.6) is 0 Å². The molecule has 0 saturated heterocycles. The number of carboxylic acids is 1. The van der Waals surface area contributed by atoms with Gasteiger partial charge in [-0.05, 0) is 13.0 Å². The fourth-order valence-electron chi connectivity index (χ4n) is 3.02. The van der Waals surface area contributed by atoms with Crippen LogP contribution in [0.4, 0.5) is 8.78 Å². The number of fused-ring (bicyclic) bond motifs is 3. The number of carbonyl (C=O) groups excluding carboxylic acids is 2. The minimum atomic E-state index is -1.47. The molecule has 0 aliphatic carbocycles. The van der Waals surface area contributed by atoms with Crippen LogP contribution in [0.15, 0.2) is 16.2 Å². The molecule has 158 valence electrons. The molecule has 0 radical (unpaired) electrons. The largest absolute Gasteiger partial charge is 0.481 e. The zero-order valence-corrected chi connectivity index (χ0v) is 16.6. The van der Waals surface area contributed by atoms with Gasteiger partial charge in [-0.25, -0.2) is 13.6 Å². The van der Waals surface area contributed by atoms with Crippen molar-refractivity contribution in [2.24, 2.45) is 0 Å². The molecule has 0 fully saturated rings. The molecule has 0 amide bonds. The molecular formula is C19H15F2NO7S. The van der Waals surface area contributed by atoms with Gasteiger partial charge >= 0.3 is 17.9 Å². The Morgan fingerprint density at radius 1 is 1.23 bits per heavy atom. The van der Waals surface area contributed by atoms with Crippen LogP contribution in [0.2, 0.25) is 0 Å². The molecule has 0 saturated carbocycles. The monoisotopic (exact) mass is 439 g/mol. The van der Waals surface area contributed by atoms with Gasteiger partial charge in [-0.15, -0.1) is 11.3 Å². The number of aromatic nitrogens is 1. The lowest BCUT2D eigenvalue weighted by molar-refractivity contribution is -0.142. The van der Waals surface area contributed by atoms with Crippen molar-refractivity contribution in [1.82, 2.24) is 4.40 Å². The van der Waals surface area contributed by atoms with E-state index in [1.807, 2.05) is 0 Å². The maximum Gasteiger partial charge on any atom is 0.345 e. The Kier molecular flexibility index (Phi) is 5.83. The molecule has 0 atom stereocenters. The summed E-state index contributed by atoms with van der Waals surface area (Å²) >= 11 is 0.902. The summed E-state index contributed by atoms with van der Waals surface area (Å²) in [5.41, 5.74) is -2.33. The average molecular weight is 439 g/mol. The summed E-state index contributed by atoms with van der Waals surface area (Å²) < 4.78 is 40.7. The molecule has 0 aliphatic rings. The number of hydrogen-bond donors (Lipinski definition) is 1. The molecule has 8 nitrogen and oxygen atoms in total. The Bertz CT molecular complexity index is 1260. The smallest absolute Gasteiger partial charge is 0.345 e. The molecule has 11 heteroatoms. The van der Waals surface area contributed by atoms with Crippen molar-refractivity contribution in [2.75, 3.05) is 6.61 Å². The number of esters is 2. The van der Waals surface area contributed by atoms with Gasteiger partial charge < -0.3 is 14.6 Å². The third kappa shape index (κ3) is 3.63. The molecule has 2 aromatic heterocycles. The van der Waals surface area contributed by atoms with Crippen LogP contribution in [0, 0.1) is 11.6 Å². The summed E-state index contributed by atoms with van der Waals surface area (Å²) in [6.07, 6.45) is -0.951. The van der Waals surface area contributed by atoms with Crippen LogP contribution in [-0.2, 0) is 32.1 Å². The van der Waals surface area contributed by atoms with Crippen molar-refractivity contribution in [3.63, 3.8) is 0 Å². The van der Waals surface area contributed by atoms with Gasteiger partial charge in [0.2, 0.25) is 5.43 Å². The van der Waals surface area contributed by atoms with E-state index in [1.165, 1.54) is 12.3 Å². The highest BCUT2D eigenvalue weighted by molar-refractivity contribution is 7.16. The van der Waals surface area contributed by atoms with E-state index in [1.54, 1.807) is 0 Å². The molecule has 1 aromatic carbocycles. The predicted molar refractivity (Wildman–Crippen MR) is 102 cm³/mol. The normalized spacial score (nSPS) is 11.1. The second-order valence-corrected chi connectivity index (χ2v) is 7.05. The van der Waals surface area contributed by atoms with Crippen LogP contribution in [0.1, 0.15) is 35.5 Å². The first-order valence-corrected chi connectivity index (χ1v) is 9.53. The Hall–Kier alpha value is -3.34. The molecule has 0 unspecified atom stereocenters. The van der Waals surface area contributed by atoms with Gasteiger partial charge in [0.1, 0.15) is 22.8 Å². The summed E-state index contributed by atoms with van der Waals surface area (Å²) in [6.45, 7) is 2.35. The van der Waals surface area contributed by atoms with E-state index in [9.17, 15) is 23.6 Å². The van der Waals surface area contributed by atoms with Crippen molar-refractivity contribution in [3.05, 3.63) is 50.1 Å². The van der Waals surface area contributed by atoms with Crippen LogP contribution in [-0.4, -0.2) is 34.0 Å². The van der Waals surface area contributed by atoms with E-state index in [0.29, 0.717) is 6.07 Å². The summed E-state index contributed by atoms with van der Waals surface area (Å²) in [5.74, 6) is -5.55. The Balaban J connectivity index is 2.48. The quantitative estimate of drug-likeness (QED) is 0.588. The van der Waals surface area contributed by atoms with E-state index in [-0.39, 0.29) is 23.7 Å². The van der Waals surface area contributed by atoms with Gasteiger partial charge in [0, 0.05) is 17.9 Å². The highest BCUT2D eigenvalue weighted by atomic mass is 32.1. The topological polar surface area (TPSA) is 111 Å². The van der Waals surface area contributed by atoms with Crippen molar-refractivity contribution in [2.45, 2.75) is 26.9 Å². The molecule has 30 heavy (non-hydrogen) atoms. The number of carbonyl (C=O) groups is 3. The lowest BCUT2D eigenvalue weighted by Crippen LogP contribution is -2.21. The maximum absolute atomic E-state index is 15.3. The second kappa shape index (κ2) is 8.19. The summed E-state index contributed by atoms with van der Waals surface area (Å²) in [4.78, 5) is 47.6. The third-order valence-electron chi connectivity index (χ3n) is 4.22. The van der Waals surface area contributed by atoms with Crippen LogP contribution < -0.4 is 5.43 Å². The molecule has 0 aliphatic heterocycles. The number of hydrogen-bond acceptors (Lipinski definition) is 7. The maximum atomic E-state index is 15.3. The van der Waals surface area contributed by atoms with Crippen molar-refractivity contribution >= 4 is 45.0 Å². The number of pyridine rings is 1. The SMILES string of the molecule is CCOC(=O)c1c(=O)c2cc(F)c(CC(=O)O)c(F)c2n2c(COC(C)=O)csc12. The average Bonchev–Trinajstić information content (AvgIpc) is 3.06. The van der Waals surface area contributed by atoms with E-state index < -0.39 is 63.4 Å². The highest BCUT2D eigenvalue weighted by Crippen LogP contribution is 2.30. The summed E-state index contributed by atoms with van der Waals surface area (Å²) in [6, 6.07) is 0.696. The number of benzene rings is 1. The zero-order valence-electron chi connectivity index (χ0n) is 15.8. The number of rotatable bonds is 6. The van der Waals surface area contributed by atoms with E-state index >= 15 is 4.39 Å². The number of aliphatic carboxylic acids is 1. The van der Waals surface area contributed by atoms with Crippen LogP contribution in [0.3, 0.4) is 0 Å². The summed E-state index contributed by atoms with van der Waals surface area (Å²) in [5, 5.41) is 9.95. The van der Waals surface area contributed by atoms with Crippen molar-refractivity contribution < 1.29 is 37.7 Å². The molecule has 3 aromatic rings. The first-order valence-electron chi connectivity index (χ1n) is 8.65. The number of halogens is 2. The van der Waals surface area contributed by atoms with E-state index in [4.69, 9.17) is 14.6 Å². The molecule has 2 heterocycles. The number of ether oxygens (including phenoxy) is 2. The van der Waals surface area contributed by atoms with Crippen molar-refractivity contribution in [3.8, 4) is 0 Å². The Morgan fingerprint density at radius 2 is 1.93 bits per heavy atom. The van der Waals surface area contributed by atoms with Gasteiger partial charge in [0.15, 0.2) is 5.82 Å². The minimum absolute atomic E-state index is 0.000106. The number of carboxylic acid groups (broad SMARTS) is 1. The third-order valence-corrected chi connectivity index (χ3v) is 5.22. The first kappa shape index (κ1) is 21.4. The minimum Gasteiger partial charge on any atom is -0.481 e.